The van der Waals surface area contributed by atoms with E-state index in [4.69, 9.17) is 4.74 Å². The maximum Gasteiger partial charge on any atom is 0.0601 e. The molecule has 1 N–H and O–H groups in total. The lowest BCUT2D eigenvalue weighted by atomic mass is 9.74. The number of hydrogen-bond acceptors (Lipinski definition) is 4. The summed E-state index contributed by atoms with van der Waals surface area (Å²) in [6.45, 7) is 16.1. The summed E-state index contributed by atoms with van der Waals surface area (Å²) < 4.78 is 6.11. The highest BCUT2D eigenvalue weighted by Gasteiger charge is 2.40. The van der Waals surface area contributed by atoms with E-state index in [0.717, 1.165) is 37.3 Å². The van der Waals surface area contributed by atoms with Crippen LogP contribution in [0.25, 0.3) is 11.1 Å². The summed E-state index contributed by atoms with van der Waals surface area (Å²) in [6.07, 6.45) is 5.88. The zero-order chi connectivity index (χ0) is 23.9. The van der Waals surface area contributed by atoms with E-state index < -0.39 is 0 Å². The molecule has 0 saturated carbocycles. The van der Waals surface area contributed by atoms with Gasteiger partial charge in [0, 0.05) is 17.8 Å². The minimum atomic E-state index is 0.166. The van der Waals surface area contributed by atoms with Crippen LogP contribution in [0.4, 0.5) is 5.69 Å². The van der Waals surface area contributed by atoms with Crippen molar-refractivity contribution >= 4 is 18.1 Å². The Bertz CT molecular complexity index is 925. The fourth-order valence-corrected chi connectivity index (χ4v) is 4.94. The van der Waals surface area contributed by atoms with Gasteiger partial charge in [-0.25, -0.2) is 0 Å². The molecule has 2 atom stereocenters. The molecule has 0 aliphatic carbocycles. The van der Waals surface area contributed by atoms with Crippen molar-refractivity contribution in [2.75, 3.05) is 18.5 Å². The van der Waals surface area contributed by atoms with E-state index in [1.54, 1.807) is 0 Å². The van der Waals surface area contributed by atoms with Crippen LogP contribution in [0.15, 0.2) is 58.7 Å². The smallest absolute Gasteiger partial charge is 0.0601 e. The molecule has 0 spiro atoms. The van der Waals surface area contributed by atoms with E-state index in [9.17, 15) is 0 Å². The van der Waals surface area contributed by atoms with Crippen molar-refractivity contribution in [3.05, 3.63) is 54.1 Å². The third-order valence-electron chi connectivity index (χ3n) is 6.56. The highest BCUT2D eigenvalue weighted by Crippen LogP contribution is 2.41. The van der Waals surface area contributed by atoms with E-state index in [0.29, 0.717) is 12.6 Å². The fraction of sp³-hybridized carbons (Fsp3) is 0.517. The molecule has 0 bridgehead atoms. The lowest BCUT2D eigenvalue weighted by Gasteiger charge is -2.28. The second-order valence-electron chi connectivity index (χ2n) is 10.6. The Hall–Kier alpha value is -2.46. The van der Waals surface area contributed by atoms with Gasteiger partial charge in [0.1, 0.15) is 0 Å². The minimum Gasteiger partial charge on any atom is -0.380 e. The van der Waals surface area contributed by atoms with Gasteiger partial charge in [-0.05, 0) is 59.9 Å². The third-order valence-corrected chi connectivity index (χ3v) is 6.56. The molecule has 1 aliphatic rings. The molecule has 1 heterocycles. The first-order valence-corrected chi connectivity index (χ1v) is 12.4. The SMILES string of the molecule is C=N/N=C(\CNc1ccc(-c2ccc(C3(CCC)COC(CC)C3)cc2)cc1)CC(C)(C)C. The topological polar surface area (TPSA) is 46.0 Å². The Morgan fingerprint density at radius 3 is 2.21 bits per heavy atom. The maximum atomic E-state index is 6.11. The van der Waals surface area contributed by atoms with Crippen LogP contribution in [-0.4, -0.2) is 31.7 Å². The van der Waals surface area contributed by atoms with Crippen molar-refractivity contribution in [2.45, 2.75) is 78.2 Å². The normalized spacial score (nSPS) is 21.2. The standard InChI is InChI=1S/C29H41N3O/c1-7-17-29(19-27(8-2)33-21-29)24-13-9-22(10-14-24)23-11-15-25(16-12-23)31-20-26(32-30-6)18-28(3,4)5/h9-16,27,31H,6-8,17-21H2,1-5H3/b32-26-. The minimum absolute atomic E-state index is 0.166. The Kier molecular flexibility index (Phi) is 8.47. The van der Waals surface area contributed by atoms with Gasteiger partial charge in [0.2, 0.25) is 0 Å². The number of benzene rings is 2. The average Bonchev–Trinajstić information content (AvgIpc) is 3.22. The van der Waals surface area contributed by atoms with E-state index >= 15 is 0 Å². The largest absolute Gasteiger partial charge is 0.380 e. The van der Waals surface area contributed by atoms with Crippen LogP contribution in [0, 0.1) is 5.41 Å². The highest BCUT2D eigenvalue weighted by atomic mass is 16.5. The second-order valence-corrected chi connectivity index (χ2v) is 10.6. The molecule has 0 radical (unpaired) electrons. The quantitative estimate of drug-likeness (QED) is 0.303. The van der Waals surface area contributed by atoms with Crippen LogP contribution in [-0.2, 0) is 10.2 Å². The van der Waals surface area contributed by atoms with Crippen molar-refractivity contribution < 1.29 is 4.74 Å². The molecule has 2 unspecified atom stereocenters. The van der Waals surface area contributed by atoms with E-state index in [2.05, 4.69) is 105 Å². The monoisotopic (exact) mass is 447 g/mol. The Morgan fingerprint density at radius 2 is 1.70 bits per heavy atom. The van der Waals surface area contributed by atoms with Crippen LogP contribution in [0.5, 0.6) is 0 Å². The molecule has 2 aromatic rings. The number of anilines is 1. The van der Waals surface area contributed by atoms with Crippen LogP contribution in [0.1, 0.15) is 72.3 Å². The first-order valence-electron chi connectivity index (χ1n) is 12.4. The van der Waals surface area contributed by atoms with Crippen molar-refractivity contribution in [1.82, 2.24) is 0 Å². The summed E-state index contributed by atoms with van der Waals surface area (Å²) in [4.78, 5) is 0. The zero-order valence-corrected chi connectivity index (χ0v) is 21.2. The van der Waals surface area contributed by atoms with E-state index in [1.807, 2.05) is 0 Å². The molecule has 1 aliphatic heterocycles. The Morgan fingerprint density at radius 1 is 1.06 bits per heavy atom. The molecule has 3 rings (SSSR count). The van der Waals surface area contributed by atoms with Gasteiger partial charge in [-0.15, -0.1) is 0 Å². The summed E-state index contributed by atoms with van der Waals surface area (Å²) in [6, 6.07) is 17.8. The van der Waals surface area contributed by atoms with Gasteiger partial charge >= 0.3 is 0 Å². The fourth-order valence-electron chi connectivity index (χ4n) is 4.94. The summed E-state index contributed by atoms with van der Waals surface area (Å²) in [5.74, 6) is 0. The van der Waals surface area contributed by atoms with Crippen molar-refractivity contribution in [1.29, 1.82) is 0 Å². The number of ether oxygens (including phenoxy) is 1. The predicted octanol–water partition coefficient (Wildman–Crippen LogP) is 7.50. The van der Waals surface area contributed by atoms with E-state index in [-0.39, 0.29) is 10.8 Å². The van der Waals surface area contributed by atoms with Crippen LogP contribution in [0.2, 0.25) is 0 Å². The molecular weight excluding hydrogens is 406 g/mol. The molecular formula is C29H41N3O. The summed E-state index contributed by atoms with van der Waals surface area (Å²) in [5, 5.41) is 11.4. The molecule has 2 aromatic carbocycles. The zero-order valence-electron chi connectivity index (χ0n) is 21.2. The third kappa shape index (κ3) is 6.77. The van der Waals surface area contributed by atoms with Crippen LogP contribution < -0.4 is 5.32 Å². The van der Waals surface area contributed by atoms with Gasteiger partial charge in [0.05, 0.1) is 25.0 Å². The number of nitrogens with one attached hydrogen (secondary N) is 1. The van der Waals surface area contributed by atoms with Crippen molar-refractivity contribution in [2.24, 2.45) is 15.6 Å². The maximum absolute atomic E-state index is 6.11. The van der Waals surface area contributed by atoms with Gasteiger partial charge in [0.25, 0.3) is 0 Å². The summed E-state index contributed by atoms with van der Waals surface area (Å²) in [5.41, 5.74) is 6.32. The summed E-state index contributed by atoms with van der Waals surface area (Å²) >= 11 is 0. The molecule has 33 heavy (non-hydrogen) atoms. The van der Waals surface area contributed by atoms with Gasteiger partial charge in [0.15, 0.2) is 0 Å². The van der Waals surface area contributed by atoms with Gasteiger partial charge in [-0.2, -0.15) is 10.2 Å². The first kappa shape index (κ1) is 25.2. The van der Waals surface area contributed by atoms with Crippen molar-refractivity contribution in [3.8, 4) is 11.1 Å². The number of rotatable bonds is 10. The molecule has 0 aromatic heterocycles. The lowest BCUT2D eigenvalue weighted by Crippen LogP contribution is -2.26. The molecule has 178 valence electrons. The van der Waals surface area contributed by atoms with Crippen LogP contribution in [0.3, 0.4) is 0 Å². The molecule has 1 fully saturated rings. The van der Waals surface area contributed by atoms with Crippen LogP contribution >= 0.6 is 0 Å². The van der Waals surface area contributed by atoms with Gasteiger partial charge < -0.3 is 10.1 Å². The predicted molar refractivity (Wildman–Crippen MR) is 143 cm³/mol. The van der Waals surface area contributed by atoms with Gasteiger partial charge in [-0.3, -0.25) is 0 Å². The van der Waals surface area contributed by atoms with E-state index in [1.165, 1.54) is 29.5 Å². The van der Waals surface area contributed by atoms with Crippen molar-refractivity contribution in [3.63, 3.8) is 0 Å². The average molecular weight is 448 g/mol. The lowest BCUT2D eigenvalue weighted by molar-refractivity contribution is 0.100. The first-order chi connectivity index (χ1) is 15.8. The Labute approximate surface area is 200 Å². The van der Waals surface area contributed by atoms with Gasteiger partial charge in [-0.1, -0.05) is 77.4 Å². The molecule has 1 saturated heterocycles. The molecule has 4 heteroatoms. The highest BCUT2D eigenvalue weighted by molar-refractivity contribution is 5.89. The Balaban J connectivity index is 1.67. The second kappa shape index (κ2) is 11.1. The number of nitrogens with zero attached hydrogens (tertiary/aromatic N) is 2. The number of hydrogen-bond donors (Lipinski definition) is 1. The molecule has 0 amide bonds. The molecule has 4 nitrogen and oxygen atoms in total. The summed E-state index contributed by atoms with van der Waals surface area (Å²) in [7, 11) is 0.